The predicted molar refractivity (Wildman–Crippen MR) is 104 cm³/mol. The van der Waals surface area contributed by atoms with Crippen LogP contribution in [0, 0.1) is 6.92 Å². The summed E-state index contributed by atoms with van der Waals surface area (Å²) < 4.78 is 2.57. The van der Waals surface area contributed by atoms with Crippen molar-refractivity contribution in [3.05, 3.63) is 65.1 Å². The fourth-order valence-corrected chi connectivity index (χ4v) is 4.29. The average Bonchev–Trinajstić information content (AvgIpc) is 2.91. The molecule has 2 unspecified atom stereocenters. The Morgan fingerprint density at radius 1 is 1.20 bits per heavy atom. The standard InChI is InChI=1S/C22H27N3/c1-15-7-8-20-19(12-15)22-17(3)24(4)16(2)13-21(22)25(20)11-9-18-6-5-10-23-14-18/h5-8,10,12,14,16-17H,9,11,13H2,1-4H3. The monoisotopic (exact) mass is 333 g/mol. The van der Waals surface area contributed by atoms with Crippen molar-refractivity contribution in [1.82, 2.24) is 14.5 Å². The van der Waals surface area contributed by atoms with Gasteiger partial charge in [0.25, 0.3) is 0 Å². The van der Waals surface area contributed by atoms with Crippen LogP contribution in [0.2, 0.25) is 0 Å². The summed E-state index contributed by atoms with van der Waals surface area (Å²) in [6.45, 7) is 7.90. The zero-order valence-electron chi connectivity index (χ0n) is 15.7. The zero-order chi connectivity index (χ0) is 17.6. The first-order valence-corrected chi connectivity index (χ1v) is 9.28. The van der Waals surface area contributed by atoms with Crippen LogP contribution in [0.25, 0.3) is 10.9 Å². The van der Waals surface area contributed by atoms with Crippen molar-refractivity contribution >= 4 is 10.9 Å². The zero-order valence-corrected chi connectivity index (χ0v) is 15.7. The number of hydrogen-bond donors (Lipinski definition) is 0. The van der Waals surface area contributed by atoms with Gasteiger partial charge >= 0.3 is 0 Å². The summed E-state index contributed by atoms with van der Waals surface area (Å²) in [4.78, 5) is 6.77. The van der Waals surface area contributed by atoms with E-state index in [2.05, 4.69) is 66.5 Å². The maximum Gasteiger partial charge on any atom is 0.0486 e. The lowest BCUT2D eigenvalue weighted by atomic mass is 9.93. The molecule has 1 aromatic carbocycles. The van der Waals surface area contributed by atoms with E-state index in [1.807, 2.05) is 18.5 Å². The maximum atomic E-state index is 4.26. The molecule has 25 heavy (non-hydrogen) atoms. The molecule has 3 heteroatoms. The van der Waals surface area contributed by atoms with Gasteiger partial charge in [-0.05, 0) is 63.6 Å². The minimum Gasteiger partial charge on any atom is -0.344 e. The van der Waals surface area contributed by atoms with E-state index in [1.165, 1.54) is 33.3 Å². The predicted octanol–water partition coefficient (Wildman–Crippen LogP) is 4.52. The number of fused-ring (bicyclic) bond motifs is 3. The van der Waals surface area contributed by atoms with E-state index in [0.29, 0.717) is 12.1 Å². The van der Waals surface area contributed by atoms with Gasteiger partial charge in [-0.1, -0.05) is 17.7 Å². The SMILES string of the molecule is Cc1ccc2c(c1)c1c(n2CCc2cccnc2)CC(C)N(C)C1C. The van der Waals surface area contributed by atoms with Crippen LogP contribution in [0.1, 0.15) is 42.3 Å². The summed E-state index contributed by atoms with van der Waals surface area (Å²) in [5.74, 6) is 0. The minimum atomic E-state index is 0.461. The summed E-state index contributed by atoms with van der Waals surface area (Å²) >= 11 is 0. The lowest BCUT2D eigenvalue weighted by Crippen LogP contribution is -2.38. The second kappa shape index (κ2) is 6.30. The van der Waals surface area contributed by atoms with Gasteiger partial charge in [0, 0.05) is 54.0 Å². The number of likely N-dealkylation sites (N-methyl/N-ethyl adjacent to an activating group) is 1. The van der Waals surface area contributed by atoms with Crippen molar-refractivity contribution in [1.29, 1.82) is 0 Å². The molecule has 0 spiro atoms. The Labute approximate surface area is 150 Å². The highest BCUT2D eigenvalue weighted by Crippen LogP contribution is 2.39. The molecule has 0 fully saturated rings. The summed E-state index contributed by atoms with van der Waals surface area (Å²) in [5, 5.41) is 1.44. The van der Waals surface area contributed by atoms with E-state index in [4.69, 9.17) is 0 Å². The normalized spacial score (nSPS) is 20.8. The summed E-state index contributed by atoms with van der Waals surface area (Å²) in [6.07, 6.45) is 5.98. The molecule has 3 heterocycles. The summed E-state index contributed by atoms with van der Waals surface area (Å²) in [5.41, 5.74) is 7.09. The maximum absolute atomic E-state index is 4.26. The van der Waals surface area contributed by atoms with Crippen molar-refractivity contribution < 1.29 is 0 Å². The van der Waals surface area contributed by atoms with Gasteiger partial charge in [0.15, 0.2) is 0 Å². The van der Waals surface area contributed by atoms with Crippen molar-refractivity contribution in [2.45, 2.75) is 52.2 Å². The third-order valence-electron chi connectivity index (χ3n) is 5.93. The molecular weight excluding hydrogens is 306 g/mol. The van der Waals surface area contributed by atoms with Crippen LogP contribution < -0.4 is 0 Å². The van der Waals surface area contributed by atoms with Crippen molar-refractivity contribution in [2.75, 3.05) is 7.05 Å². The Balaban J connectivity index is 1.82. The molecule has 3 nitrogen and oxygen atoms in total. The number of aromatic nitrogens is 2. The smallest absolute Gasteiger partial charge is 0.0486 e. The highest BCUT2D eigenvalue weighted by Gasteiger charge is 2.31. The van der Waals surface area contributed by atoms with Crippen LogP contribution in [-0.4, -0.2) is 27.5 Å². The van der Waals surface area contributed by atoms with E-state index in [9.17, 15) is 0 Å². The van der Waals surface area contributed by atoms with Gasteiger partial charge < -0.3 is 4.57 Å². The molecule has 0 aliphatic carbocycles. The van der Waals surface area contributed by atoms with E-state index < -0.39 is 0 Å². The fraction of sp³-hybridized carbons (Fsp3) is 0.409. The molecule has 2 atom stereocenters. The first-order chi connectivity index (χ1) is 12.1. The van der Waals surface area contributed by atoms with E-state index in [0.717, 1.165) is 19.4 Å². The topological polar surface area (TPSA) is 21.1 Å². The first kappa shape index (κ1) is 16.3. The Morgan fingerprint density at radius 3 is 2.80 bits per heavy atom. The van der Waals surface area contributed by atoms with Gasteiger partial charge in [0.05, 0.1) is 0 Å². The average molecular weight is 333 g/mol. The molecule has 0 bridgehead atoms. The van der Waals surface area contributed by atoms with Gasteiger partial charge in [-0.15, -0.1) is 0 Å². The van der Waals surface area contributed by atoms with Crippen LogP contribution in [-0.2, 0) is 19.4 Å². The van der Waals surface area contributed by atoms with E-state index in [-0.39, 0.29) is 0 Å². The fourth-order valence-electron chi connectivity index (χ4n) is 4.29. The van der Waals surface area contributed by atoms with Crippen LogP contribution in [0.5, 0.6) is 0 Å². The lowest BCUT2D eigenvalue weighted by molar-refractivity contribution is 0.177. The number of hydrogen-bond acceptors (Lipinski definition) is 2. The highest BCUT2D eigenvalue weighted by molar-refractivity contribution is 5.87. The molecule has 1 aliphatic rings. The molecule has 130 valence electrons. The van der Waals surface area contributed by atoms with Crippen LogP contribution in [0.3, 0.4) is 0 Å². The minimum absolute atomic E-state index is 0.461. The largest absolute Gasteiger partial charge is 0.344 e. The van der Waals surface area contributed by atoms with Gasteiger partial charge in [-0.3, -0.25) is 9.88 Å². The number of aryl methyl sites for hydroxylation is 3. The summed E-state index contributed by atoms with van der Waals surface area (Å²) in [6, 6.07) is 12.2. The van der Waals surface area contributed by atoms with E-state index >= 15 is 0 Å². The van der Waals surface area contributed by atoms with Crippen LogP contribution in [0.4, 0.5) is 0 Å². The third kappa shape index (κ3) is 2.77. The molecule has 1 aliphatic heterocycles. The van der Waals surface area contributed by atoms with Gasteiger partial charge in [-0.25, -0.2) is 0 Å². The molecule has 4 rings (SSSR count). The third-order valence-corrected chi connectivity index (χ3v) is 5.93. The van der Waals surface area contributed by atoms with Gasteiger partial charge in [-0.2, -0.15) is 0 Å². The second-order valence-corrected chi connectivity index (χ2v) is 7.54. The molecule has 0 saturated heterocycles. The Morgan fingerprint density at radius 2 is 2.04 bits per heavy atom. The number of pyridine rings is 1. The Kier molecular flexibility index (Phi) is 4.12. The molecule has 0 amide bonds. The molecular formula is C22H27N3. The van der Waals surface area contributed by atoms with Crippen LogP contribution in [0.15, 0.2) is 42.7 Å². The summed E-state index contributed by atoms with van der Waals surface area (Å²) in [7, 11) is 2.26. The lowest BCUT2D eigenvalue weighted by Gasteiger charge is -2.37. The number of nitrogens with zero attached hydrogens (tertiary/aromatic N) is 3. The van der Waals surface area contributed by atoms with Crippen LogP contribution >= 0.6 is 0 Å². The number of rotatable bonds is 3. The first-order valence-electron chi connectivity index (χ1n) is 9.28. The van der Waals surface area contributed by atoms with Crippen molar-refractivity contribution in [2.24, 2.45) is 0 Å². The van der Waals surface area contributed by atoms with Gasteiger partial charge in [0.2, 0.25) is 0 Å². The Hall–Kier alpha value is -2.13. The second-order valence-electron chi connectivity index (χ2n) is 7.54. The molecule has 2 aromatic heterocycles. The molecule has 3 aromatic rings. The van der Waals surface area contributed by atoms with Crippen molar-refractivity contribution in [3.63, 3.8) is 0 Å². The molecule has 0 radical (unpaired) electrons. The highest BCUT2D eigenvalue weighted by atomic mass is 15.2. The quantitative estimate of drug-likeness (QED) is 0.702. The Bertz CT molecular complexity index is 895. The number of benzene rings is 1. The van der Waals surface area contributed by atoms with Gasteiger partial charge in [0.1, 0.15) is 0 Å². The molecule has 0 N–H and O–H groups in total. The van der Waals surface area contributed by atoms with E-state index in [1.54, 1.807) is 0 Å². The van der Waals surface area contributed by atoms with Crippen molar-refractivity contribution in [3.8, 4) is 0 Å². The molecule has 0 saturated carbocycles.